The number of piperazine rings is 1. The fraction of sp³-hybridized carbons (Fsp3) is 0.538. The second-order valence-corrected chi connectivity index (χ2v) is 4.96. The van der Waals surface area contributed by atoms with Crippen molar-refractivity contribution in [2.75, 3.05) is 18.0 Å². The quantitative estimate of drug-likeness (QED) is 0.718. The lowest BCUT2D eigenvalue weighted by atomic mass is 10.0. The van der Waals surface area contributed by atoms with Gasteiger partial charge in [-0.3, -0.25) is 0 Å². The third-order valence-electron chi connectivity index (χ3n) is 3.85. The Kier molecular flexibility index (Phi) is 2.18. The zero-order valence-corrected chi connectivity index (χ0v) is 9.76. The van der Waals surface area contributed by atoms with E-state index in [1.807, 2.05) is 6.07 Å². The standard InChI is InChI=1S/C13H17FN2/c1-8-3-4-12(14)13-11(8)5-10-7-15-6-9(2)16(10)13/h3-4,9-10,15H,5-7H2,1-2H3. The molecule has 16 heavy (non-hydrogen) atoms. The van der Waals surface area contributed by atoms with Gasteiger partial charge < -0.3 is 10.2 Å². The molecule has 86 valence electrons. The van der Waals surface area contributed by atoms with E-state index in [0.29, 0.717) is 12.1 Å². The van der Waals surface area contributed by atoms with Crippen LogP contribution in [0.25, 0.3) is 0 Å². The summed E-state index contributed by atoms with van der Waals surface area (Å²) in [5.41, 5.74) is 3.29. The number of benzene rings is 1. The Morgan fingerprint density at radius 3 is 3.00 bits per heavy atom. The number of fused-ring (bicyclic) bond motifs is 3. The summed E-state index contributed by atoms with van der Waals surface area (Å²) in [7, 11) is 0. The van der Waals surface area contributed by atoms with Gasteiger partial charge in [0.1, 0.15) is 5.82 Å². The van der Waals surface area contributed by atoms with Crippen LogP contribution in [0.2, 0.25) is 0 Å². The summed E-state index contributed by atoms with van der Waals surface area (Å²) in [6.45, 7) is 6.16. The molecule has 2 heterocycles. The molecule has 3 heteroatoms. The van der Waals surface area contributed by atoms with Crippen LogP contribution in [0.15, 0.2) is 12.1 Å². The second kappa shape index (κ2) is 3.45. The number of nitrogens with zero attached hydrogens (tertiary/aromatic N) is 1. The van der Waals surface area contributed by atoms with Crippen LogP contribution >= 0.6 is 0 Å². The van der Waals surface area contributed by atoms with Crippen LogP contribution in [0, 0.1) is 12.7 Å². The van der Waals surface area contributed by atoms with E-state index >= 15 is 0 Å². The molecule has 3 rings (SSSR count). The summed E-state index contributed by atoms with van der Waals surface area (Å²) < 4.78 is 14.0. The van der Waals surface area contributed by atoms with Crippen LogP contribution in [0.4, 0.5) is 10.1 Å². The predicted octanol–water partition coefficient (Wildman–Crippen LogP) is 1.86. The first kappa shape index (κ1) is 10.1. The molecule has 2 atom stereocenters. The van der Waals surface area contributed by atoms with E-state index in [-0.39, 0.29) is 5.82 Å². The van der Waals surface area contributed by atoms with Gasteiger partial charge in [-0.05, 0) is 37.5 Å². The van der Waals surface area contributed by atoms with E-state index in [0.717, 1.165) is 25.2 Å². The number of hydrogen-bond donors (Lipinski definition) is 1. The Hall–Kier alpha value is -1.09. The maximum absolute atomic E-state index is 14.0. The van der Waals surface area contributed by atoms with Crippen LogP contribution in [0.1, 0.15) is 18.1 Å². The molecule has 0 aliphatic carbocycles. The molecule has 2 aliphatic rings. The number of halogens is 1. The van der Waals surface area contributed by atoms with Crippen molar-refractivity contribution >= 4 is 5.69 Å². The molecule has 2 aliphatic heterocycles. The van der Waals surface area contributed by atoms with Crippen molar-refractivity contribution in [2.45, 2.75) is 32.4 Å². The number of rotatable bonds is 0. The molecular weight excluding hydrogens is 203 g/mol. The lowest BCUT2D eigenvalue weighted by Gasteiger charge is -2.38. The van der Waals surface area contributed by atoms with E-state index in [9.17, 15) is 4.39 Å². The molecule has 0 radical (unpaired) electrons. The zero-order chi connectivity index (χ0) is 11.3. The average Bonchev–Trinajstić information content (AvgIpc) is 2.65. The summed E-state index contributed by atoms with van der Waals surface area (Å²) in [6, 6.07) is 4.32. The monoisotopic (exact) mass is 220 g/mol. The maximum atomic E-state index is 14.0. The fourth-order valence-corrected chi connectivity index (χ4v) is 3.07. The fourth-order valence-electron chi connectivity index (χ4n) is 3.07. The van der Waals surface area contributed by atoms with Gasteiger partial charge in [-0.1, -0.05) is 6.07 Å². The molecular formula is C13H17FN2. The van der Waals surface area contributed by atoms with Crippen LogP contribution < -0.4 is 10.2 Å². The van der Waals surface area contributed by atoms with Crippen molar-refractivity contribution in [3.8, 4) is 0 Å². The molecule has 0 aromatic heterocycles. The van der Waals surface area contributed by atoms with Crippen molar-refractivity contribution in [2.24, 2.45) is 0 Å². The Bertz CT molecular complexity index is 430. The lowest BCUT2D eigenvalue weighted by molar-refractivity contribution is 0.425. The molecule has 1 aromatic carbocycles. The molecule has 1 fully saturated rings. The van der Waals surface area contributed by atoms with Crippen molar-refractivity contribution in [1.29, 1.82) is 0 Å². The Balaban J connectivity index is 2.13. The normalized spacial score (nSPS) is 27.8. The zero-order valence-electron chi connectivity index (χ0n) is 9.76. The van der Waals surface area contributed by atoms with Crippen LogP contribution in [-0.2, 0) is 6.42 Å². The van der Waals surface area contributed by atoms with Gasteiger partial charge in [-0.2, -0.15) is 0 Å². The Morgan fingerprint density at radius 1 is 1.38 bits per heavy atom. The first-order valence-corrected chi connectivity index (χ1v) is 5.95. The second-order valence-electron chi connectivity index (χ2n) is 4.96. The highest BCUT2D eigenvalue weighted by Crippen LogP contribution is 2.38. The van der Waals surface area contributed by atoms with E-state index < -0.39 is 0 Å². The molecule has 2 unspecified atom stereocenters. The van der Waals surface area contributed by atoms with E-state index in [2.05, 4.69) is 24.1 Å². The molecule has 0 bridgehead atoms. The molecule has 0 spiro atoms. The van der Waals surface area contributed by atoms with Crippen LogP contribution in [0.5, 0.6) is 0 Å². The summed E-state index contributed by atoms with van der Waals surface area (Å²) >= 11 is 0. The van der Waals surface area contributed by atoms with Gasteiger partial charge in [0, 0.05) is 25.2 Å². The lowest BCUT2D eigenvalue weighted by Crippen LogP contribution is -2.55. The van der Waals surface area contributed by atoms with Crippen molar-refractivity contribution < 1.29 is 4.39 Å². The topological polar surface area (TPSA) is 15.3 Å². The largest absolute Gasteiger partial charge is 0.360 e. The number of nitrogens with one attached hydrogen (secondary N) is 1. The van der Waals surface area contributed by atoms with E-state index in [1.54, 1.807) is 6.07 Å². The number of anilines is 1. The average molecular weight is 220 g/mol. The molecule has 0 saturated carbocycles. The summed E-state index contributed by atoms with van der Waals surface area (Å²) in [4.78, 5) is 2.27. The van der Waals surface area contributed by atoms with Gasteiger partial charge in [0.15, 0.2) is 0 Å². The number of aryl methyl sites for hydroxylation is 1. The molecule has 1 N–H and O–H groups in total. The highest BCUT2D eigenvalue weighted by molar-refractivity contribution is 5.64. The Morgan fingerprint density at radius 2 is 2.19 bits per heavy atom. The van der Waals surface area contributed by atoms with E-state index in [4.69, 9.17) is 0 Å². The predicted molar refractivity (Wildman–Crippen MR) is 63.4 cm³/mol. The summed E-state index contributed by atoms with van der Waals surface area (Å²) in [5, 5.41) is 3.42. The minimum absolute atomic E-state index is 0.0585. The third kappa shape index (κ3) is 1.27. The van der Waals surface area contributed by atoms with Gasteiger partial charge >= 0.3 is 0 Å². The van der Waals surface area contributed by atoms with Gasteiger partial charge in [0.2, 0.25) is 0 Å². The van der Waals surface area contributed by atoms with E-state index in [1.165, 1.54) is 11.1 Å². The van der Waals surface area contributed by atoms with Gasteiger partial charge in [-0.15, -0.1) is 0 Å². The first-order chi connectivity index (χ1) is 7.68. The molecule has 1 aromatic rings. The molecule has 2 nitrogen and oxygen atoms in total. The highest BCUT2D eigenvalue weighted by atomic mass is 19.1. The summed E-state index contributed by atoms with van der Waals surface area (Å²) in [6.07, 6.45) is 0.982. The van der Waals surface area contributed by atoms with Crippen molar-refractivity contribution in [3.63, 3.8) is 0 Å². The first-order valence-electron chi connectivity index (χ1n) is 5.95. The third-order valence-corrected chi connectivity index (χ3v) is 3.85. The molecule has 1 saturated heterocycles. The number of hydrogen-bond acceptors (Lipinski definition) is 2. The SMILES string of the molecule is Cc1ccc(F)c2c1CC1CNCC(C)N21. The van der Waals surface area contributed by atoms with Crippen molar-refractivity contribution in [3.05, 3.63) is 29.1 Å². The highest BCUT2D eigenvalue weighted by Gasteiger charge is 2.37. The van der Waals surface area contributed by atoms with Crippen molar-refractivity contribution in [1.82, 2.24) is 5.32 Å². The minimum atomic E-state index is -0.0585. The van der Waals surface area contributed by atoms with Crippen LogP contribution in [0.3, 0.4) is 0 Å². The molecule has 0 amide bonds. The van der Waals surface area contributed by atoms with Gasteiger partial charge in [-0.25, -0.2) is 4.39 Å². The maximum Gasteiger partial charge on any atom is 0.146 e. The summed E-state index contributed by atoms with van der Waals surface area (Å²) in [5.74, 6) is -0.0585. The van der Waals surface area contributed by atoms with Gasteiger partial charge in [0.05, 0.1) is 5.69 Å². The minimum Gasteiger partial charge on any atom is -0.360 e. The Labute approximate surface area is 95.4 Å². The van der Waals surface area contributed by atoms with Crippen LogP contribution in [-0.4, -0.2) is 25.2 Å². The van der Waals surface area contributed by atoms with Gasteiger partial charge in [0.25, 0.3) is 0 Å². The smallest absolute Gasteiger partial charge is 0.146 e.